The summed E-state index contributed by atoms with van der Waals surface area (Å²) in [5, 5.41) is 12.2. The van der Waals surface area contributed by atoms with Gasteiger partial charge >= 0.3 is 0 Å². The fraction of sp³-hybridized carbons (Fsp3) is 0.235. The van der Waals surface area contributed by atoms with Gasteiger partial charge in [0.25, 0.3) is 0 Å². The molecule has 2 aromatic carbocycles. The molecular formula is C17H17FN2O. The van der Waals surface area contributed by atoms with Crippen LogP contribution in [0.15, 0.2) is 42.5 Å². The molecule has 0 amide bonds. The summed E-state index contributed by atoms with van der Waals surface area (Å²) < 4.78 is 18.6. The van der Waals surface area contributed by atoms with Crippen LogP contribution in [-0.2, 0) is 6.54 Å². The zero-order valence-electron chi connectivity index (χ0n) is 12.1. The second kappa shape index (κ2) is 6.87. The largest absolute Gasteiger partial charge is 0.496 e. The summed E-state index contributed by atoms with van der Waals surface area (Å²) in [6.07, 6.45) is 0. The third-order valence-electron chi connectivity index (χ3n) is 3.37. The molecule has 0 heterocycles. The van der Waals surface area contributed by atoms with E-state index < -0.39 is 5.82 Å². The van der Waals surface area contributed by atoms with E-state index in [-0.39, 0.29) is 11.6 Å². The molecule has 1 atom stereocenters. The highest BCUT2D eigenvalue weighted by Crippen LogP contribution is 2.24. The predicted octanol–water partition coefficient (Wildman–Crippen LogP) is 3.56. The molecular weight excluding hydrogens is 267 g/mol. The average Bonchev–Trinajstić information content (AvgIpc) is 2.53. The normalized spacial score (nSPS) is 11.7. The monoisotopic (exact) mass is 284 g/mol. The molecule has 2 rings (SSSR count). The van der Waals surface area contributed by atoms with Crippen LogP contribution >= 0.6 is 0 Å². The lowest BCUT2D eigenvalue weighted by Crippen LogP contribution is -2.18. The van der Waals surface area contributed by atoms with E-state index >= 15 is 0 Å². The molecule has 4 heteroatoms. The second-order valence-electron chi connectivity index (χ2n) is 4.77. The van der Waals surface area contributed by atoms with Crippen LogP contribution in [0.25, 0.3) is 0 Å². The SMILES string of the molecule is COc1ccccc1[C@@H](C)NCc1ccc(F)c(C#N)c1. The molecule has 0 bridgehead atoms. The minimum Gasteiger partial charge on any atom is -0.496 e. The Labute approximate surface area is 124 Å². The maximum atomic E-state index is 13.3. The van der Waals surface area contributed by atoms with Crippen LogP contribution in [0.3, 0.4) is 0 Å². The quantitative estimate of drug-likeness (QED) is 0.913. The molecule has 0 aromatic heterocycles. The van der Waals surface area contributed by atoms with Gasteiger partial charge in [0.15, 0.2) is 0 Å². The van der Waals surface area contributed by atoms with Gasteiger partial charge in [-0.15, -0.1) is 0 Å². The Kier molecular flexibility index (Phi) is 4.91. The van der Waals surface area contributed by atoms with Gasteiger partial charge in [0.05, 0.1) is 12.7 Å². The predicted molar refractivity (Wildman–Crippen MR) is 79.4 cm³/mol. The van der Waals surface area contributed by atoms with Gasteiger partial charge in [-0.1, -0.05) is 24.3 Å². The zero-order chi connectivity index (χ0) is 15.2. The molecule has 0 saturated carbocycles. The average molecular weight is 284 g/mol. The van der Waals surface area contributed by atoms with E-state index in [9.17, 15) is 4.39 Å². The number of para-hydroxylation sites is 1. The maximum Gasteiger partial charge on any atom is 0.140 e. The number of benzene rings is 2. The molecule has 0 aliphatic rings. The number of nitrogens with one attached hydrogen (secondary N) is 1. The van der Waals surface area contributed by atoms with E-state index in [1.54, 1.807) is 19.2 Å². The number of ether oxygens (including phenoxy) is 1. The van der Waals surface area contributed by atoms with Gasteiger partial charge in [0, 0.05) is 18.2 Å². The summed E-state index contributed by atoms with van der Waals surface area (Å²) in [5.74, 6) is 0.341. The molecule has 0 spiro atoms. The van der Waals surface area contributed by atoms with Gasteiger partial charge in [-0.25, -0.2) is 4.39 Å². The first-order chi connectivity index (χ1) is 10.2. The molecule has 0 aliphatic carbocycles. The second-order valence-corrected chi connectivity index (χ2v) is 4.77. The molecule has 0 radical (unpaired) electrons. The van der Waals surface area contributed by atoms with Crippen molar-refractivity contribution in [2.75, 3.05) is 7.11 Å². The number of hydrogen-bond donors (Lipinski definition) is 1. The summed E-state index contributed by atoms with van der Waals surface area (Å²) in [6.45, 7) is 2.58. The minimum atomic E-state index is -0.487. The van der Waals surface area contributed by atoms with Gasteiger partial charge in [0.2, 0.25) is 0 Å². The first-order valence-electron chi connectivity index (χ1n) is 6.70. The van der Waals surface area contributed by atoms with Crippen molar-refractivity contribution < 1.29 is 9.13 Å². The van der Waals surface area contributed by atoms with Gasteiger partial charge in [-0.3, -0.25) is 0 Å². The molecule has 21 heavy (non-hydrogen) atoms. The smallest absolute Gasteiger partial charge is 0.140 e. The van der Waals surface area contributed by atoms with Crippen LogP contribution in [0.4, 0.5) is 4.39 Å². The zero-order valence-corrected chi connectivity index (χ0v) is 12.1. The number of nitrogens with zero attached hydrogens (tertiary/aromatic N) is 1. The van der Waals surface area contributed by atoms with Crippen LogP contribution < -0.4 is 10.1 Å². The van der Waals surface area contributed by atoms with E-state index in [1.807, 2.05) is 37.3 Å². The summed E-state index contributed by atoms with van der Waals surface area (Å²) in [7, 11) is 1.64. The first-order valence-corrected chi connectivity index (χ1v) is 6.70. The number of hydrogen-bond acceptors (Lipinski definition) is 3. The number of methoxy groups -OCH3 is 1. The third kappa shape index (κ3) is 3.59. The van der Waals surface area contributed by atoms with Gasteiger partial charge in [-0.2, -0.15) is 5.26 Å². The lowest BCUT2D eigenvalue weighted by Gasteiger charge is -2.17. The fourth-order valence-corrected chi connectivity index (χ4v) is 2.17. The third-order valence-corrected chi connectivity index (χ3v) is 3.37. The summed E-state index contributed by atoms with van der Waals surface area (Å²) in [4.78, 5) is 0. The van der Waals surface area contributed by atoms with Crippen LogP contribution in [0.2, 0.25) is 0 Å². The van der Waals surface area contributed by atoms with E-state index in [1.165, 1.54) is 6.07 Å². The highest BCUT2D eigenvalue weighted by Gasteiger charge is 2.10. The van der Waals surface area contributed by atoms with Crippen molar-refractivity contribution in [3.05, 3.63) is 65.0 Å². The number of rotatable bonds is 5. The topological polar surface area (TPSA) is 45.0 Å². The Hall–Kier alpha value is -2.38. The molecule has 3 nitrogen and oxygen atoms in total. The van der Waals surface area contributed by atoms with Gasteiger partial charge in [-0.05, 0) is 30.7 Å². The van der Waals surface area contributed by atoms with Crippen LogP contribution in [-0.4, -0.2) is 7.11 Å². The Morgan fingerprint density at radius 3 is 2.76 bits per heavy atom. The fourth-order valence-electron chi connectivity index (χ4n) is 2.17. The lowest BCUT2D eigenvalue weighted by molar-refractivity contribution is 0.401. The Bertz CT molecular complexity index is 664. The molecule has 0 fully saturated rings. The summed E-state index contributed by atoms with van der Waals surface area (Å²) in [6, 6.07) is 14.3. The van der Waals surface area contributed by atoms with Gasteiger partial charge < -0.3 is 10.1 Å². The van der Waals surface area contributed by atoms with E-state index in [2.05, 4.69) is 5.32 Å². The number of nitriles is 1. The van der Waals surface area contributed by atoms with Crippen molar-refractivity contribution in [1.29, 1.82) is 5.26 Å². The van der Waals surface area contributed by atoms with Crippen molar-refractivity contribution in [3.63, 3.8) is 0 Å². The maximum absolute atomic E-state index is 13.3. The first kappa shape index (κ1) is 15.0. The van der Waals surface area contributed by atoms with Crippen molar-refractivity contribution in [3.8, 4) is 11.8 Å². The van der Waals surface area contributed by atoms with Crippen LogP contribution in [0.1, 0.15) is 29.7 Å². The highest BCUT2D eigenvalue weighted by molar-refractivity contribution is 5.36. The van der Waals surface area contributed by atoms with E-state index in [0.29, 0.717) is 6.54 Å². The summed E-state index contributed by atoms with van der Waals surface area (Å²) >= 11 is 0. The molecule has 2 aromatic rings. The molecule has 108 valence electrons. The Morgan fingerprint density at radius 2 is 2.05 bits per heavy atom. The number of halogens is 1. The van der Waals surface area contributed by atoms with E-state index in [0.717, 1.165) is 16.9 Å². The minimum absolute atomic E-state index is 0.0687. The van der Waals surface area contributed by atoms with Crippen LogP contribution in [0, 0.1) is 17.1 Å². The van der Waals surface area contributed by atoms with Crippen molar-refractivity contribution in [1.82, 2.24) is 5.32 Å². The molecule has 1 N–H and O–H groups in total. The summed E-state index contributed by atoms with van der Waals surface area (Å²) in [5.41, 5.74) is 2.00. The van der Waals surface area contributed by atoms with Crippen molar-refractivity contribution in [2.24, 2.45) is 0 Å². The Balaban J connectivity index is 2.07. The lowest BCUT2D eigenvalue weighted by atomic mass is 10.1. The molecule has 0 unspecified atom stereocenters. The van der Waals surface area contributed by atoms with E-state index in [4.69, 9.17) is 10.00 Å². The molecule has 0 aliphatic heterocycles. The van der Waals surface area contributed by atoms with Crippen molar-refractivity contribution in [2.45, 2.75) is 19.5 Å². The van der Waals surface area contributed by atoms with Gasteiger partial charge in [0.1, 0.15) is 17.6 Å². The Morgan fingerprint density at radius 1 is 1.29 bits per heavy atom. The highest BCUT2D eigenvalue weighted by atomic mass is 19.1. The molecule has 0 saturated heterocycles. The van der Waals surface area contributed by atoms with Crippen LogP contribution in [0.5, 0.6) is 5.75 Å². The van der Waals surface area contributed by atoms with Crippen molar-refractivity contribution >= 4 is 0 Å². The standard InChI is InChI=1S/C17H17FN2O/c1-12(15-5-3-4-6-17(15)21-2)20-11-13-7-8-16(18)14(9-13)10-19/h3-9,12,20H,11H2,1-2H3/t12-/m1/s1.